The number of hydrogen-bond acceptors (Lipinski definition) is 4. The van der Waals surface area contributed by atoms with Gasteiger partial charge in [0.15, 0.2) is 18.1 Å². The summed E-state index contributed by atoms with van der Waals surface area (Å²) >= 11 is 6.21. The summed E-state index contributed by atoms with van der Waals surface area (Å²) in [5.41, 5.74) is 0.831. The molecule has 0 radical (unpaired) electrons. The molecule has 6 nitrogen and oxygen atoms in total. The van der Waals surface area contributed by atoms with Crippen LogP contribution in [-0.4, -0.2) is 31.6 Å². The van der Waals surface area contributed by atoms with Crippen molar-refractivity contribution < 1.29 is 19.1 Å². The van der Waals surface area contributed by atoms with Crippen molar-refractivity contribution in [2.45, 2.75) is 38.1 Å². The van der Waals surface area contributed by atoms with Crippen molar-refractivity contribution in [3.8, 4) is 11.5 Å². The van der Waals surface area contributed by atoms with Crippen molar-refractivity contribution in [3.63, 3.8) is 0 Å². The Balaban J connectivity index is 1.59. The van der Waals surface area contributed by atoms with Crippen LogP contribution >= 0.6 is 11.6 Å². The second kappa shape index (κ2) is 10.2. The van der Waals surface area contributed by atoms with Crippen LogP contribution in [0.15, 0.2) is 42.5 Å². The highest BCUT2D eigenvalue weighted by Gasteiger charge is 2.19. The Bertz CT molecular complexity index is 866. The Kier molecular flexibility index (Phi) is 7.36. The fourth-order valence-corrected chi connectivity index (χ4v) is 3.57. The number of carbonyl (C=O) groups is 2. The first-order valence-corrected chi connectivity index (χ1v) is 10.1. The maximum absolute atomic E-state index is 12.6. The molecular weight excluding hydrogens is 392 g/mol. The van der Waals surface area contributed by atoms with Crippen LogP contribution in [0, 0.1) is 0 Å². The number of benzene rings is 2. The van der Waals surface area contributed by atoms with E-state index in [2.05, 4.69) is 10.6 Å². The molecule has 7 heteroatoms. The lowest BCUT2D eigenvalue weighted by molar-refractivity contribution is -0.118. The van der Waals surface area contributed by atoms with Crippen LogP contribution in [0.3, 0.4) is 0 Å². The summed E-state index contributed by atoms with van der Waals surface area (Å²) < 4.78 is 10.7. The molecule has 0 atom stereocenters. The highest BCUT2D eigenvalue weighted by molar-refractivity contribution is 6.34. The number of anilines is 1. The standard InChI is InChI=1S/C22H25ClN2O4/c1-28-19-9-5-6-10-20(19)29-14-21(26)24-16-11-12-18(23)17(13-16)22(27)25-15-7-3-2-4-8-15/h5-6,9-13,15H,2-4,7-8,14H2,1H3,(H,24,26)(H,25,27). The molecule has 0 unspecified atom stereocenters. The molecule has 1 aliphatic rings. The molecule has 2 aromatic rings. The number of ether oxygens (including phenoxy) is 2. The van der Waals surface area contributed by atoms with Gasteiger partial charge in [0.1, 0.15) is 0 Å². The molecule has 0 spiro atoms. The number of para-hydroxylation sites is 2. The second-order valence-corrected chi connectivity index (χ2v) is 7.40. The molecule has 2 amide bonds. The molecule has 1 fully saturated rings. The van der Waals surface area contributed by atoms with Gasteiger partial charge in [-0.3, -0.25) is 9.59 Å². The average molecular weight is 417 g/mol. The predicted molar refractivity (Wildman–Crippen MR) is 113 cm³/mol. The number of rotatable bonds is 7. The lowest BCUT2D eigenvalue weighted by Crippen LogP contribution is -2.36. The Morgan fingerprint density at radius 1 is 1.07 bits per heavy atom. The van der Waals surface area contributed by atoms with Crippen LogP contribution in [0.2, 0.25) is 5.02 Å². The minimum absolute atomic E-state index is 0.180. The number of methoxy groups -OCH3 is 1. The van der Waals surface area contributed by atoms with E-state index in [1.165, 1.54) is 13.5 Å². The van der Waals surface area contributed by atoms with Gasteiger partial charge in [-0.15, -0.1) is 0 Å². The van der Waals surface area contributed by atoms with Crippen molar-refractivity contribution in [3.05, 3.63) is 53.1 Å². The monoisotopic (exact) mass is 416 g/mol. The van der Waals surface area contributed by atoms with Gasteiger partial charge in [0.05, 0.1) is 17.7 Å². The van der Waals surface area contributed by atoms with E-state index in [4.69, 9.17) is 21.1 Å². The molecule has 0 aliphatic heterocycles. The first-order chi connectivity index (χ1) is 14.1. The first kappa shape index (κ1) is 21.0. The van der Waals surface area contributed by atoms with E-state index >= 15 is 0 Å². The van der Waals surface area contributed by atoms with E-state index < -0.39 is 0 Å². The molecular formula is C22H25ClN2O4. The Hall–Kier alpha value is -2.73. The van der Waals surface area contributed by atoms with Gasteiger partial charge >= 0.3 is 0 Å². The smallest absolute Gasteiger partial charge is 0.262 e. The molecule has 0 saturated heterocycles. The van der Waals surface area contributed by atoms with Gasteiger partial charge < -0.3 is 20.1 Å². The van der Waals surface area contributed by atoms with E-state index in [-0.39, 0.29) is 24.5 Å². The molecule has 154 valence electrons. The molecule has 0 bridgehead atoms. The zero-order chi connectivity index (χ0) is 20.6. The summed E-state index contributed by atoms with van der Waals surface area (Å²) in [5, 5.41) is 6.12. The molecule has 29 heavy (non-hydrogen) atoms. The largest absolute Gasteiger partial charge is 0.493 e. The zero-order valence-corrected chi connectivity index (χ0v) is 17.1. The highest BCUT2D eigenvalue weighted by atomic mass is 35.5. The number of amides is 2. The minimum atomic E-state index is -0.350. The average Bonchev–Trinajstić information content (AvgIpc) is 2.74. The molecule has 3 rings (SSSR count). The van der Waals surface area contributed by atoms with Crippen molar-refractivity contribution in [2.24, 2.45) is 0 Å². The van der Waals surface area contributed by atoms with Gasteiger partial charge in [0, 0.05) is 11.7 Å². The lowest BCUT2D eigenvalue weighted by atomic mass is 9.95. The van der Waals surface area contributed by atoms with Gasteiger partial charge in [-0.25, -0.2) is 0 Å². The van der Waals surface area contributed by atoms with Gasteiger partial charge in [-0.05, 0) is 43.2 Å². The summed E-state index contributed by atoms with van der Waals surface area (Å²) in [7, 11) is 1.54. The lowest BCUT2D eigenvalue weighted by Gasteiger charge is -2.23. The van der Waals surface area contributed by atoms with E-state index in [9.17, 15) is 9.59 Å². The molecule has 0 aromatic heterocycles. The third kappa shape index (κ3) is 5.87. The van der Waals surface area contributed by atoms with Gasteiger partial charge in [0.25, 0.3) is 11.8 Å². The number of halogens is 1. The van der Waals surface area contributed by atoms with Crippen LogP contribution < -0.4 is 20.1 Å². The summed E-state index contributed by atoms with van der Waals surface area (Å²) in [6.45, 7) is -0.188. The van der Waals surface area contributed by atoms with E-state index in [0.717, 1.165) is 25.7 Å². The Labute approximate surface area is 175 Å². The minimum Gasteiger partial charge on any atom is -0.493 e. The van der Waals surface area contributed by atoms with Crippen molar-refractivity contribution in [1.82, 2.24) is 5.32 Å². The third-order valence-corrected chi connectivity index (χ3v) is 5.19. The van der Waals surface area contributed by atoms with Crippen LogP contribution in [-0.2, 0) is 4.79 Å². The topological polar surface area (TPSA) is 76.7 Å². The third-order valence-electron chi connectivity index (χ3n) is 4.86. The van der Waals surface area contributed by atoms with Crippen LogP contribution in [0.5, 0.6) is 11.5 Å². The first-order valence-electron chi connectivity index (χ1n) is 9.73. The van der Waals surface area contributed by atoms with Crippen LogP contribution in [0.4, 0.5) is 5.69 Å². The summed E-state index contributed by atoms with van der Waals surface area (Å²) in [6.07, 6.45) is 5.44. The fraction of sp³-hybridized carbons (Fsp3) is 0.364. The van der Waals surface area contributed by atoms with Gasteiger partial charge in [-0.2, -0.15) is 0 Å². The quantitative estimate of drug-likeness (QED) is 0.700. The molecule has 1 aliphatic carbocycles. The normalized spacial score (nSPS) is 14.1. The van der Waals surface area contributed by atoms with E-state index in [1.54, 1.807) is 36.4 Å². The number of nitrogens with one attached hydrogen (secondary N) is 2. The second-order valence-electron chi connectivity index (χ2n) is 6.99. The summed E-state index contributed by atoms with van der Waals surface area (Å²) in [5.74, 6) is 0.461. The van der Waals surface area contributed by atoms with E-state index in [0.29, 0.717) is 27.8 Å². The fourth-order valence-electron chi connectivity index (χ4n) is 3.37. The SMILES string of the molecule is COc1ccccc1OCC(=O)Nc1ccc(Cl)c(C(=O)NC2CCCCC2)c1. The van der Waals surface area contributed by atoms with Crippen molar-refractivity contribution >= 4 is 29.1 Å². The maximum Gasteiger partial charge on any atom is 0.262 e. The molecule has 1 saturated carbocycles. The van der Waals surface area contributed by atoms with Gasteiger partial charge in [0.2, 0.25) is 0 Å². The van der Waals surface area contributed by atoms with E-state index in [1.807, 2.05) is 6.07 Å². The molecule has 2 N–H and O–H groups in total. The predicted octanol–water partition coefficient (Wildman–Crippen LogP) is 4.43. The molecule has 2 aromatic carbocycles. The number of carbonyl (C=O) groups excluding carboxylic acids is 2. The van der Waals surface area contributed by atoms with Crippen molar-refractivity contribution in [2.75, 3.05) is 19.0 Å². The summed E-state index contributed by atoms with van der Waals surface area (Å²) in [6, 6.07) is 12.1. The maximum atomic E-state index is 12.6. The highest BCUT2D eigenvalue weighted by Crippen LogP contribution is 2.26. The van der Waals surface area contributed by atoms with Crippen LogP contribution in [0.1, 0.15) is 42.5 Å². The van der Waals surface area contributed by atoms with Crippen LogP contribution in [0.25, 0.3) is 0 Å². The number of hydrogen-bond donors (Lipinski definition) is 2. The van der Waals surface area contributed by atoms with Crippen molar-refractivity contribution in [1.29, 1.82) is 0 Å². The van der Waals surface area contributed by atoms with Gasteiger partial charge in [-0.1, -0.05) is 43.0 Å². The Morgan fingerprint density at radius 2 is 1.79 bits per heavy atom. The zero-order valence-electron chi connectivity index (χ0n) is 16.4. The Morgan fingerprint density at radius 3 is 2.52 bits per heavy atom. The molecule has 0 heterocycles. The summed E-state index contributed by atoms with van der Waals surface area (Å²) in [4.78, 5) is 24.9.